The Balaban J connectivity index is 1.76. The van der Waals surface area contributed by atoms with Gasteiger partial charge in [0, 0.05) is 37.6 Å². The second-order valence-corrected chi connectivity index (χ2v) is 7.96. The lowest BCUT2D eigenvalue weighted by atomic mass is 9.80. The largest absolute Gasteiger partial charge is 0.341 e. The Morgan fingerprint density at radius 3 is 2.33 bits per heavy atom. The van der Waals surface area contributed by atoms with Crippen molar-refractivity contribution in [1.29, 1.82) is 0 Å². The first kappa shape index (κ1) is 14.7. The zero-order valence-electron chi connectivity index (χ0n) is 12.4. The van der Waals surface area contributed by atoms with Gasteiger partial charge in [-0.05, 0) is 31.7 Å². The summed E-state index contributed by atoms with van der Waals surface area (Å²) in [7, 11) is -3.13. The number of anilines is 1. The van der Waals surface area contributed by atoms with Crippen molar-refractivity contribution in [3.63, 3.8) is 0 Å². The summed E-state index contributed by atoms with van der Waals surface area (Å²) in [5, 5.41) is 0. The van der Waals surface area contributed by atoms with Gasteiger partial charge in [0.2, 0.25) is 16.0 Å². The zero-order chi connectivity index (χ0) is 14.9. The minimum Gasteiger partial charge on any atom is -0.341 e. The topological polar surface area (TPSA) is 66.4 Å². The maximum atomic E-state index is 12.1. The van der Waals surface area contributed by atoms with Crippen LogP contribution in [0.2, 0.25) is 0 Å². The molecule has 3 heterocycles. The maximum absolute atomic E-state index is 12.1. The van der Waals surface area contributed by atoms with Crippen LogP contribution in [-0.4, -0.2) is 54.1 Å². The lowest BCUT2D eigenvalue weighted by Gasteiger charge is -2.50. The molecule has 0 atom stereocenters. The van der Waals surface area contributed by atoms with Gasteiger partial charge in [-0.25, -0.2) is 18.4 Å². The van der Waals surface area contributed by atoms with Crippen LogP contribution in [0.4, 0.5) is 5.95 Å². The van der Waals surface area contributed by atoms with Crippen LogP contribution in [0.15, 0.2) is 18.5 Å². The highest BCUT2D eigenvalue weighted by Crippen LogP contribution is 2.39. The van der Waals surface area contributed by atoms with E-state index in [2.05, 4.69) is 14.9 Å². The van der Waals surface area contributed by atoms with E-state index in [1.54, 1.807) is 16.7 Å². The normalized spacial score (nSPS) is 23.4. The smallest absolute Gasteiger partial charge is 0.225 e. The van der Waals surface area contributed by atoms with Gasteiger partial charge in [-0.2, -0.15) is 4.31 Å². The quantitative estimate of drug-likeness (QED) is 0.823. The standard InChI is InChI=1S/C14H22N4O2S/c1-21(19,20)18-10-3-2-5-14(18)6-11-17(12-7-14)13-15-8-4-9-16-13/h4,8-9H,2-3,5-7,10-12H2,1H3. The molecule has 0 bridgehead atoms. The predicted molar refractivity (Wildman–Crippen MR) is 81.6 cm³/mol. The maximum Gasteiger partial charge on any atom is 0.225 e. The van der Waals surface area contributed by atoms with Crippen LogP contribution < -0.4 is 4.90 Å². The Morgan fingerprint density at radius 2 is 1.71 bits per heavy atom. The summed E-state index contributed by atoms with van der Waals surface area (Å²) >= 11 is 0. The first-order valence-corrected chi connectivity index (χ1v) is 9.36. The third-order valence-corrected chi connectivity index (χ3v) is 6.08. The molecule has 2 aliphatic rings. The summed E-state index contributed by atoms with van der Waals surface area (Å²) in [5.74, 6) is 0.745. The fraction of sp³-hybridized carbons (Fsp3) is 0.714. The van der Waals surface area contributed by atoms with Gasteiger partial charge in [-0.1, -0.05) is 6.42 Å². The van der Waals surface area contributed by atoms with E-state index in [9.17, 15) is 8.42 Å². The van der Waals surface area contributed by atoms with E-state index < -0.39 is 10.0 Å². The molecule has 0 aliphatic carbocycles. The molecule has 1 spiro atoms. The number of hydrogen-bond donors (Lipinski definition) is 0. The van der Waals surface area contributed by atoms with Crippen LogP contribution in [0.25, 0.3) is 0 Å². The van der Waals surface area contributed by atoms with Crippen LogP contribution in [0.3, 0.4) is 0 Å². The van der Waals surface area contributed by atoms with Crippen molar-refractivity contribution in [2.75, 3.05) is 30.8 Å². The minimum absolute atomic E-state index is 0.183. The predicted octanol–water partition coefficient (Wildman–Crippen LogP) is 1.26. The zero-order valence-corrected chi connectivity index (χ0v) is 13.2. The van der Waals surface area contributed by atoms with Crippen LogP contribution >= 0.6 is 0 Å². The second kappa shape index (κ2) is 5.53. The average molecular weight is 310 g/mol. The highest BCUT2D eigenvalue weighted by atomic mass is 32.2. The molecule has 0 aromatic carbocycles. The van der Waals surface area contributed by atoms with Gasteiger partial charge in [0.25, 0.3) is 0 Å². The molecule has 0 N–H and O–H groups in total. The van der Waals surface area contributed by atoms with Gasteiger partial charge < -0.3 is 4.90 Å². The molecule has 0 amide bonds. The molecule has 116 valence electrons. The lowest BCUT2D eigenvalue weighted by Crippen LogP contribution is -2.59. The molecule has 0 saturated carbocycles. The van der Waals surface area contributed by atoms with E-state index >= 15 is 0 Å². The molecule has 6 nitrogen and oxygen atoms in total. The van der Waals surface area contributed by atoms with Crippen molar-refractivity contribution in [3.8, 4) is 0 Å². The number of aromatic nitrogens is 2. The summed E-state index contributed by atoms with van der Waals surface area (Å²) in [4.78, 5) is 10.7. The highest BCUT2D eigenvalue weighted by molar-refractivity contribution is 7.88. The minimum atomic E-state index is -3.13. The Bertz CT molecular complexity index is 582. The molecule has 0 unspecified atom stereocenters. The molecule has 1 aromatic heterocycles. The number of sulfonamides is 1. The molecule has 7 heteroatoms. The van der Waals surface area contributed by atoms with Crippen LogP contribution in [-0.2, 0) is 10.0 Å². The van der Waals surface area contributed by atoms with E-state index in [1.807, 2.05) is 6.07 Å². The molecule has 3 rings (SSSR count). The Labute approximate surface area is 126 Å². The average Bonchev–Trinajstić information content (AvgIpc) is 2.48. The summed E-state index contributed by atoms with van der Waals surface area (Å²) in [6.07, 6.45) is 9.62. The highest BCUT2D eigenvalue weighted by Gasteiger charge is 2.45. The van der Waals surface area contributed by atoms with Gasteiger partial charge in [0.1, 0.15) is 0 Å². The fourth-order valence-corrected chi connectivity index (χ4v) is 5.10. The second-order valence-electron chi connectivity index (χ2n) is 6.05. The molecule has 2 fully saturated rings. The van der Waals surface area contributed by atoms with E-state index in [0.29, 0.717) is 6.54 Å². The van der Waals surface area contributed by atoms with E-state index in [0.717, 1.165) is 51.1 Å². The van der Waals surface area contributed by atoms with Crippen LogP contribution in [0.5, 0.6) is 0 Å². The van der Waals surface area contributed by atoms with Crippen molar-refractivity contribution in [2.24, 2.45) is 0 Å². The Hall–Kier alpha value is -1.21. The first-order valence-electron chi connectivity index (χ1n) is 7.51. The Morgan fingerprint density at radius 1 is 1.05 bits per heavy atom. The van der Waals surface area contributed by atoms with E-state index in [4.69, 9.17) is 0 Å². The third kappa shape index (κ3) is 2.89. The molecular weight excluding hydrogens is 288 g/mol. The van der Waals surface area contributed by atoms with Crippen molar-refractivity contribution >= 4 is 16.0 Å². The molecule has 1 aromatic rings. The lowest BCUT2D eigenvalue weighted by molar-refractivity contribution is 0.102. The van der Waals surface area contributed by atoms with Crippen molar-refractivity contribution < 1.29 is 8.42 Å². The van der Waals surface area contributed by atoms with Crippen LogP contribution in [0, 0.1) is 0 Å². The molecule has 21 heavy (non-hydrogen) atoms. The summed E-state index contributed by atoms with van der Waals surface area (Å²) in [6.45, 7) is 2.30. The van der Waals surface area contributed by atoms with Gasteiger partial charge >= 0.3 is 0 Å². The molecular formula is C14H22N4O2S. The van der Waals surface area contributed by atoms with Crippen molar-refractivity contribution in [1.82, 2.24) is 14.3 Å². The summed E-state index contributed by atoms with van der Waals surface area (Å²) < 4.78 is 26.0. The summed E-state index contributed by atoms with van der Waals surface area (Å²) in [5.41, 5.74) is -0.183. The van der Waals surface area contributed by atoms with Crippen molar-refractivity contribution in [3.05, 3.63) is 18.5 Å². The van der Waals surface area contributed by atoms with Crippen molar-refractivity contribution in [2.45, 2.75) is 37.6 Å². The molecule has 2 aliphatic heterocycles. The van der Waals surface area contributed by atoms with Gasteiger partial charge in [-0.3, -0.25) is 0 Å². The summed E-state index contributed by atoms with van der Waals surface area (Å²) in [6, 6.07) is 1.81. The van der Waals surface area contributed by atoms with E-state index in [-0.39, 0.29) is 5.54 Å². The monoisotopic (exact) mass is 310 g/mol. The molecule has 0 radical (unpaired) electrons. The van der Waals surface area contributed by atoms with Crippen LogP contribution in [0.1, 0.15) is 32.1 Å². The van der Waals surface area contributed by atoms with Gasteiger partial charge in [0.15, 0.2) is 0 Å². The molecule has 2 saturated heterocycles. The SMILES string of the molecule is CS(=O)(=O)N1CCCCC12CCN(c1ncccn1)CC2. The fourth-order valence-electron chi connectivity index (χ4n) is 3.67. The van der Waals surface area contributed by atoms with E-state index in [1.165, 1.54) is 6.26 Å². The number of nitrogens with zero attached hydrogens (tertiary/aromatic N) is 4. The first-order chi connectivity index (χ1) is 10.0. The number of rotatable bonds is 2. The van der Waals surface area contributed by atoms with Gasteiger partial charge in [-0.15, -0.1) is 0 Å². The third-order valence-electron chi connectivity index (χ3n) is 4.71. The number of piperidine rings is 2. The van der Waals surface area contributed by atoms with Gasteiger partial charge in [0.05, 0.1) is 6.26 Å². The Kier molecular flexibility index (Phi) is 3.88. The number of hydrogen-bond acceptors (Lipinski definition) is 5.